The molecule has 0 fully saturated rings. The lowest BCUT2D eigenvalue weighted by atomic mass is 10.1. The summed E-state index contributed by atoms with van der Waals surface area (Å²) in [5.41, 5.74) is 2.22. The SMILES string of the molecule is COc1cc(C=O)cnc1-c1ccccc1. The third-order valence-corrected chi connectivity index (χ3v) is 2.28. The second-order valence-corrected chi connectivity index (χ2v) is 3.30. The highest BCUT2D eigenvalue weighted by Crippen LogP contribution is 2.27. The van der Waals surface area contributed by atoms with E-state index in [0.717, 1.165) is 17.5 Å². The maximum atomic E-state index is 10.6. The first-order valence-corrected chi connectivity index (χ1v) is 4.90. The Balaban J connectivity index is 2.53. The largest absolute Gasteiger partial charge is 0.494 e. The summed E-state index contributed by atoms with van der Waals surface area (Å²) in [4.78, 5) is 14.9. The van der Waals surface area contributed by atoms with Crippen molar-refractivity contribution in [1.29, 1.82) is 0 Å². The molecule has 2 rings (SSSR count). The van der Waals surface area contributed by atoms with Gasteiger partial charge >= 0.3 is 0 Å². The Kier molecular flexibility index (Phi) is 2.96. The average Bonchev–Trinajstić information content (AvgIpc) is 2.39. The van der Waals surface area contributed by atoms with Crippen molar-refractivity contribution in [3.8, 4) is 17.0 Å². The van der Waals surface area contributed by atoms with Gasteiger partial charge < -0.3 is 4.74 Å². The number of methoxy groups -OCH3 is 1. The molecule has 0 aliphatic carbocycles. The minimum atomic E-state index is 0.511. The van der Waals surface area contributed by atoms with E-state index in [2.05, 4.69) is 4.98 Å². The topological polar surface area (TPSA) is 39.2 Å². The van der Waals surface area contributed by atoms with Gasteiger partial charge in [0, 0.05) is 17.3 Å². The van der Waals surface area contributed by atoms with E-state index in [1.54, 1.807) is 13.2 Å². The molecule has 3 heteroatoms. The molecule has 1 aromatic carbocycles. The number of hydrogen-bond acceptors (Lipinski definition) is 3. The highest BCUT2D eigenvalue weighted by molar-refractivity contribution is 5.77. The summed E-state index contributed by atoms with van der Waals surface area (Å²) in [7, 11) is 1.57. The lowest BCUT2D eigenvalue weighted by Gasteiger charge is -2.07. The monoisotopic (exact) mass is 213 g/mol. The van der Waals surface area contributed by atoms with Crippen LogP contribution in [0.15, 0.2) is 42.6 Å². The Morgan fingerprint density at radius 1 is 1.25 bits per heavy atom. The molecule has 0 aliphatic rings. The summed E-state index contributed by atoms with van der Waals surface area (Å²) in [5, 5.41) is 0. The van der Waals surface area contributed by atoms with Crippen molar-refractivity contribution in [1.82, 2.24) is 4.98 Å². The van der Waals surface area contributed by atoms with Crippen molar-refractivity contribution in [3.05, 3.63) is 48.2 Å². The first-order valence-electron chi connectivity index (χ1n) is 4.90. The summed E-state index contributed by atoms with van der Waals surface area (Å²) in [6.07, 6.45) is 2.29. The number of pyridine rings is 1. The first kappa shape index (κ1) is 10.4. The second-order valence-electron chi connectivity index (χ2n) is 3.30. The Labute approximate surface area is 93.7 Å². The van der Waals surface area contributed by atoms with Gasteiger partial charge in [-0.25, -0.2) is 0 Å². The van der Waals surface area contributed by atoms with Crippen LogP contribution in [0.3, 0.4) is 0 Å². The molecule has 0 spiro atoms. The molecule has 0 radical (unpaired) electrons. The molecule has 0 bridgehead atoms. The second kappa shape index (κ2) is 4.57. The van der Waals surface area contributed by atoms with E-state index in [-0.39, 0.29) is 0 Å². The molecule has 1 aromatic heterocycles. The van der Waals surface area contributed by atoms with Crippen LogP contribution in [-0.2, 0) is 0 Å². The van der Waals surface area contributed by atoms with Gasteiger partial charge in [-0.05, 0) is 6.07 Å². The van der Waals surface area contributed by atoms with Gasteiger partial charge in [0.25, 0.3) is 0 Å². The maximum absolute atomic E-state index is 10.6. The number of benzene rings is 1. The lowest BCUT2D eigenvalue weighted by molar-refractivity contribution is 0.112. The third kappa shape index (κ3) is 1.93. The van der Waals surface area contributed by atoms with Gasteiger partial charge in [-0.3, -0.25) is 9.78 Å². The third-order valence-electron chi connectivity index (χ3n) is 2.28. The summed E-state index contributed by atoms with van der Waals surface area (Å²) in [5.74, 6) is 0.607. The molecule has 0 amide bonds. The van der Waals surface area contributed by atoms with Crippen molar-refractivity contribution < 1.29 is 9.53 Å². The number of carbonyl (C=O) groups excluding carboxylic acids is 1. The van der Waals surface area contributed by atoms with E-state index in [4.69, 9.17) is 4.74 Å². The van der Waals surface area contributed by atoms with Crippen molar-refractivity contribution in [2.45, 2.75) is 0 Å². The summed E-state index contributed by atoms with van der Waals surface area (Å²) < 4.78 is 5.22. The van der Waals surface area contributed by atoms with Crippen LogP contribution in [0.2, 0.25) is 0 Å². The zero-order valence-electron chi connectivity index (χ0n) is 8.88. The van der Waals surface area contributed by atoms with E-state index in [1.807, 2.05) is 30.3 Å². The van der Waals surface area contributed by atoms with E-state index in [9.17, 15) is 4.79 Å². The fraction of sp³-hybridized carbons (Fsp3) is 0.0769. The molecule has 2 aromatic rings. The number of aromatic nitrogens is 1. The van der Waals surface area contributed by atoms with Crippen LogP contribution >= 0.6 is 0 Å². The van der Waals surface area contributed by atoms with Crippen LogP contribution in [-0.4, -0.2) is 18.4 Å². The molecular formula is C13H11NO2. The van der Waals surface area contributed by atoms with E-state index in [1.165, 1.54) is 6.20 Å². The number of carbonyl (C=O) groups is 1. The van der Waals surface area contributed by atoms with E-state index >= 15 is 0 Å². The Morgan fingerprint density at radius 2 is 2.00 bits per heavy atom. The van der Waals surface area contributed by atoms with Gasteiger partial charge in [-0.1, -0.05) is 30.3 Å². The smallest absolute Gasteiger partial charge is 0.151 e. The van der Waals surface area contributed by atoms with Crippen molar-refractivity contribution in [2.75, 3.05) is 7.11 Å². The van der Waals surface area contributed by atoms with Crippen molar-refractivity contribution in [2.24, 2.45) is 0 Å². The standard InChI is InChI=1S/C13H11NO2/c1-16-12-7-10(9-15)8-14-13(12)11-5-3-2-4-6-11/h2-9H,1H3. The number of hydrogen-bond donors (Lipinski definition) is 0. The highest BCUT2D eigenvalue weighted by Gasteiger charge is 2.07. The van der Waals surface area contributed by atoms with Crippen LogP contribution < -0.4 is 4.74 Å². The fourth-order valence-corrected chi connectivity index (χ4v) is 1.49. The van der Waals surface area contributed by atoms with E-state index in [0.29, 0.717) is 11.3 Å². The zero-order valence-corrected chi connectivity index (χ0v) is 8.88. The summed E-state index contributed by atoms with van der Waals surface area (Å²) in [6.45, 7) is 0. The molecule has 0 saturated carbocycles. The van der Waals surface area contributed by atoms with Crippen LogP contribution in [0.5, 0.6) is 5.75 Å². The highest BCUT2D eigenvalue weighted by atomic mass is 16.5. The molecule has 0 N–H and O–H groups in total. The minimum Gasteiger partial charge on any atom is -0.494 e. The quantitative estimate of drug-likeness (QED) is 0.735. The van der Waals surface area contributed by atoms with Crippen LogP contribution in [0, 0.1) is 0 Å². The molecule has 1 heterocycles. The molecule has 0 atom stereocenters. The van der Waals surface area contributed by atoms with Gasteiger partial charge in [-0.2, -0.15) is 0 Å². The molecule has 3 nitrogen and oxygen atoms in total. The minimum absolute atomic E-state index is 0.511. The molecule has 80 valence electrons. The predicted molar refractivity (Wildman–Crippen MR) is 61.6 cm³/mol. The zero-order chi connectivity index (χ0) is 11.4. The fourth-order valence-electron chi connectivity index (χ4n) is 1.49. The van der Waals surface area contributed by atoms with Crippen molar-refractivity contribution >= 4 is 6.29 Å². The van der Waals surface area contributed by atoms with Gasteiger partial charge in [0.1, 0.15) is 11.4 Å². The Morgan fingerprint density at radius 3 is 2.62 bits per heavy atom. The Bertz CT molecular complexity index is 495. The molecular weight excluding hydrogens is 202 g/mol. The normalized spacial score (nSPS) is 9.81. The van der Waals surface area contributed by atoms with Crippen LogP contribution in [0.25, 0.3) is 11.3 Å². The predicted octanol–water partition coefficient (Wildman–Crippen LogP) is 2.57. The lowest BCUT2D eigenvalue weighted by Crippen LogP contribution is -1.93. The number of rotatable bonds is 3. The van der Waals surface area contributed by atoms with Gasteiger partial charge in [-0.15, -0.1) is 0 Å². The van der Waals surface area contributed by atoms with E-state index < -0.39 is 0 Å². The Hall–Kier alpha value is -2.16. The van der Waals surface area contributed by atoms with Gasteiger partial charge in [0.05, 0.1) is 7.11 Å². The van der Waals surface area contributed by atoms with Crippen LogP contribution in [0.4, 0.5) is 0 Å². The first-order chi connectivity index (χ1) is 7.85. The molecule has 0 unspecified atom stereocenters. The van der Waals surface area contributed by atoms with Gasteiger partial charge in [0.2, 0.25) is 0 Å². The maximum Gasteiger partial charge on any atom is 0.151 e. The molecule has 16 heavy (non-hydrogen) atoms. The number of aldehydes is 1. The summed E-state index contributed by atoms with van der Waals surface area (Å²) >= 11 is 0. The summed E-state index contributed by atoms with van der Waals surface area (Å²) in [6, 6.07) is 11.4. The number of ether oxygens (including phenoxy) is 1. The van der Waals surface area contributed by atoms with Crippen molar-refractivity contribution in [3.63, 3.8) is 0 Å². The van der Waals surface area contributed by atoms with Gasteiger partial charge in [0.15, 0.2) is 6.29 Å². The molecule has 0 saturated heterocycles. The number of nitrogens with zero attached hydrogens (tertiary/aromatic N) is 1. The molecule has 0 aliphatic heterocycles. The van der Waals surface area contributed by atoms with Crippen LogP contribution in [0.1, 0.15) is 10.4 Å². The average molecular weight is 213 g/mol.